The highest BCUT2D eigenvalue weighted by Crippen LogP contribution is 2.33. The molecule has 1 aliphatic rings. The van der Waals surface area contributed by atoms with Gasteiger partial charge in [0.15, 0.2) is 0 Å². The molecule has 108 valence electrons. The topological polar surface area (TPSA) is 92.4 Å². The molecule has 1 aliphatic carbocycles. The quantitative estimate of drug-likeness (QED) is 0.711. The molecular formula is C15H20N2O3. The van der Waals surface area contributed by atoms with Crippen molar-refractivity contribution < 1.29 is 14.7 Å². The maximum atomic E-state index is 12.4. The molecule has 0 spiro atoms. The van der Waals surface area contributed by atoms with E-state index in [1.54, 1.807) is 38.1 Å². The first kappa shape index (κ1) is 14.4. The predicted octanol–water partition coefficient (Wildman–Crippen LogP) is 1.53. The Hall–Kier alpha value is -2.04. The third-order valence-electron chi connectivity index (χ3n) is 3.85. The molecule has 0 heterocycles. The Morgan fingerprint density at radius 1 is 1.30 bits per heavy atom. The molecule has 5 heteroatoms. The number of anilines is 1. The molecule has 0 saturated heterocycles. The van der Waals surface area contributed by atoms with E-state index < -0.39 is 17.4 Å². The molecule has 0 bridgehead atoms. The maximum Gasteiger partial charge on any atom is 0.326 e. The second kappa shape index (κ2) is 5.15. The highest BCUT2D eigenvalue weighted by atomic mass is 16.4. The third kappa shape index (κ3) is 2.92. The molecule has 1 aromatic rings. The summed E-state index contributed by atoms with van der Waals surface area (Å²) in [5.74, 6) is -1.17. The summed E-state index contributed by atoms with van der Waals surface area (Å²) in [5, 5.41) is 11.8. The predicted molar refractivity (Wildman–Crippen MR) is 76.2 cm³/mol. The Morgan fingerprint density at radius 2 is 1.85 bits per heavy atom. The van der Waals surface area contributed by atoms with Crippen molar-refractivity contribution in [2.75, 3.05) is 5.73 Å². The number of nitrogens with two attached hydrogens (primary N) is 1. The molecule has 2 rings (SSSR count). The van der Waals surface area contributed by atoms with Gasteiger partial charge in [-0.05, 0) is 50.3 Å². The summed E-state index contributed by atoms with van der Waals surface area (Å²) >= 11 is 0. The molecule has 1 saturated carbocycles. The van der Waals surface area contributed by atoms with Crippen LogP contribution in [-0.4, -0.2) is 23.0 Å². The monoisotopic (exact) mass is 276 g/mol. The molecule has 1 aromatic carbocycles. The SMILES string of the molecule is CC(C)(C(=O)NC(C(=O)O)C1CC1)c1ccc(N)cc1. The van der Waals surface area contributed by atoms with Crippen molar-refractivity contribution in [3.63, 3.8) is 0 Å². The van der Waals surface area contributed by atoms with Crippen molar-refractivity contribution >= 4 is 17.6 Å². The molecule has 1 fully saturated rings. The van der Waals surface area contributed by atoms with E-state index in [-0.39, 0.29) is 11.8 Å². The molecule has 20 heavy (non-hydrogen) atoms. The van der Waals surface area contributed by atoms with Crippen molar-refractivity contribution in [3.8, 4) is 0 Å². The summed E-state index contributed by atoms with van der Waals surface area (Å²) in [4.78, 5) is 23.6. The smallest absolute Gasteiger partial charge is 0.326 e. The van der Waals surface area contributed by atoms with E-state index in [4.69, 9.17) is 5.73 Å². The number of nitrogens with one attached hydrogen (secondary N) is 1. The van der Waals surface area contributed by atoms with Gasteiger partial charge in [0.2, 0.25) is 5.91 Å². The Morgan fingerprint density at radius 3 is 2.30 bits per heavy atom. The molecule has 0 radical (unpaired) electrons. The van der Waals surface area contributed by atoms with Crippen LogP contribution in [0.15, 0.2) is 24.3 Å². The summed E-state index contributed by atoms with van der Waals surface area (Å²) < 4.78 is 0. The minimum Gasteiger partial charge on any atom is -0.480 e. The fraction of sp³-hybridized carbons (Fsp3) is 0.467. The molecule has 1 amide bonds. The van der Waals surface area contributed by atoms with E-state index in [1.807, 2.05) is 0 Å². The second-order valence-corrected chi connectivity index (χ2v) is 5.87. The number of carboxylic acids is 1. The minimum atomic E-state index is -0.964. The lowest BCUT2D eigenvalue weighted by Gasteiger charge is -2.26. The van der Waals surface area contributed by atoms with Crippen molar-refractivity contribution in [3.05, 3.63) is 29.8 Å². The van der Waals surface area contributed by atoms with Crippen LogP contribution in [0.1, 0.15) is 32.3 Å². The fourth-order valence-corrected chi connectivity index (χ4v) is 2.16. The molecular weight excluding hydrogens is 256 g/mol. The van der Waals surface area contributed by atoms with Crippen LogP contribution in [0, 0.1) is 5.92 Å². The number of carbonyl (C=O) groups is 2. The van der Waals surface area contributed by atoms with Gasteiger partial charge in [-0.2, -0.15) is 0 Å². The molecule has 5 nitrogen and oxygen atoms in total. The Labute approximate surface area is 118 Å². The molecule has 1 unspecified atom stereocenters. The van der Waals surface area contributed by atoms with E-state index in [0.717, 1.165) is 18.4 Å². The third-order valence-corrected chi connectivity index (χ3v) is 3.85. The fourth-order valence-electron chi connectivity index (χ4n) is 2.16. The lowest BCUT2D eigenvalue weighted by Crippen LogP contribution is -2.49. The number of hydrogen-bond acceptors (Lipinski definition) is 3. The Kier molecular flexibility index (Phi) is 3.70. The zero-order valence-corrected chi connectivity index (χ0v) is 11.7. The number of benzene rings is 1. The number of nitrogen functional groups attached to an aromatic ring is 1. The van der Waals surface area contributed by atoms with Crippen LogP contribution in [0.2, 0.25) is 0 Å². The minimum absolute atomic E-state index is 0.0682. The number of aliphatic carboxylic acids is 1. The largest absolute Gasteiger partial charge is 0.480 e. The summed E-state index contributed by atoms with van der Waals surface area (Å²) in [6.45, 7) is 3.55. The maximum absolute atomic E-state index is 12.4. The first-order chi connectivity index (χ1) is 9.32. The van der Waals surface area contributed by atoms with Gasteiger partial charge in [0.05, 0.1) is 5.41 Å². The van der Waals surface area contributed by atoms with Crippen LogP contribution in [-0.2, 0) is 15.0 Å². The van der Waals surface area contributed by atoms with Gasteiger partial charge in [-0.3, -0.25) is 4.79 Å². The van der Waals surface area contributed by atoms with Gasteiger partial charge in [0.1, 0.15) is 6.04 Å². The van der Waals surface area contributed by atoms with Crippen LogP contribution in [0.25, 0.3) is 0 Å². The van der Waals surface area contributed by atoms with E-state index in [1.165, 1.54) is 0 Å². The zero-order chi connectivity index (χ0) is 14.9. The first-order valence-electron chi connectivity index (χ1n) is 6.72. The van der Waals surface area contributed by atoms with Crippen LogP contribution >= 0.6 is 0 Å². The first-order valence-corrected chi connectivity index (χ1v) is 6.72. The van der Waals surface area contributed by atoms with Gasteiger partial charge in [0.25, 0.3) is 0 Å². The standard InChI is InChI=1S/C15H20N2O3/c1-15(2,10-5-7-11(16)8-6-10)14(20)17-12(13(18)19)9-3-4-9/h5-9,12H,3-4,16H2,1-2H3,(H,17,20)(H,18,19). The Bertz CT molecular complexity index is 518. The lowest BCUT2D eigenvalue weighted by atomic mass is 9.83. The molecule has 4 N–H and O–H groups in total. The zero-order valence-electron chi connectivity index (χ0n) is 11.7. The lowest BCUT2D eigenvalue weighted by molar-refractivity contribution is -0.143. The van der Waals surface area contributed by atoms with Crippen LogP contribution in [0.4, 0.5) is 5.69 Å². The summed E-state index contributed by atoms with van der Waals surface area (Å²) in [6, 6.07) is 6.28. The van der Waals surface area contributed by atoms with Crippen LogP contribution in [0.5, 0.6) is 0 Å². The number of rotatable bonds is 5. The highest BCUT2D eigenvalue weighted by molar-refractivity contribution is 5.91. The highest BCUT2D eigenvalue weighted by Gasteiger charge is 2.40. The van der Waals surface area contributed by atoms with Crippen molar-refractivity contribution in [2.24, 2.45) is 5.92 Å². The van der Waals surface area contributed by atoms with Crippen molar-refractivity contribution in [1.29, 1.82) is 0 Å². The van der Waals surface area contributed by atoms with E-state index in [9.17, 15) is 14.7 Å². The normalized spacial score (nSPS) is 16.5. The van der Waals surface area contributed by atoms with E-state index >= 15 is 0 Å². The number of carboxylic acid groups (broad SMARTS) is 1. The van der Waals surface area contributed by atoms with Crippen molar-refractivity contribution in [1.82, 2.24) is 5.32 Å². The molecule has 0 aliphatic heterocycles. The van der Waals surface area contributed by atoms with E-state index in [0.29, 0.717) is 5.69 Å². The van der Waals surface area contributed by atoms with Gasteiger partial charge >= 0.3 is 5.97 Å². The van der Waals surface area contributed by atoms with Gasteiger partial charge in [-0.1, -0.05) is 12.1 Å². The number of carbonyl (C=O) groups excluding carboxylic acids is 1. The van der Waals surface area contributed by atoms with Crippen molar-refractivity contribution in [2.45, 2.75) is 38.1 Å². The Balaban J connectivity index is 2.13. The van der Waals surface area contributed by atoms with Gasteiger partial charge in [0, 0.05) is 5.69 Å². The van der Waals surface area contributed by atoms with Gasteiger partial charge < -0.3 is 16.2 Å². The second-order valence-electron chi connectivity index (χ2n) is 5.87. The number of amides is 1. The average molecular weight is 276 g/mol. The molecule has 0 aromatic heterocycles. The van der Waals surface area contributed by atoms with Crippen LogP contribution in [0.3, 0.4) is 0 Å². The summed E-state index contributed by atoms with van der Waals surface area (Å²) in [7, 11) is 0. The van der Waals surface area contributed by atoms with Crippen LogP contribution < -0.4 is 11.1 Å². The summed E-state index contributed by atoms with van der Waals surface area (Å²) in [5.41, 5.74) is 6.28. The number of hydrogen-bond donors (Lipinski definition) is 3. The van der Waals surface area contributed by atoms with Gasteiger partial charge in [-0.25, -0.2) is 4.79 Å². The average Bonchev–Trinajstić information content (AvgIpc) is 3.19. The van der Waals surface area contributed by atoms with E-state index in [2.05, 4.69) is 5.32 Å². The van der Waals surface area contributed by atoms with Gasteiger partial charge in [-0.15, -0.1) is 0 Å². The summed E-state index contributed by atoms with van der Waals surface area (Å²) in [6.07, 6.45) is 1.72. The molecule has 1 atom stereocenters.